The zero-order valence-corrected chi connectivity index (χ0v) is 8.73. The number of hydrogen-bond acceptors (Lipinski definition) is 3. The second kappa shape index (κ2) is 3.81. The molecule has 1 aromatic heterocycles. The predicted molar refractivity (Wildman–Crippen MR) is 57.8 cm³/mol. The lowest BCUT2D eigenvalue weighted by Gasteiger charge is -1.91. The van der Waals surface area contributed by atoms with E-state index in [2.05, 4.69) is 17.2 Å². The van der Waals surface area contributed by atoms with E-state index in [-0.39, 0.29) is 12.4 Å². The summed E-state index contributed by atoms with van der Waals surface area (Å²) in [6.07, 6.45) is 0. The quantitative estimate of drug-likeness (QED) is 0.525. The van der Waals surface area contributed by atoms with Crippen LogP contribution in [0.2, 0.25) is 0 Å². The predicted octanol–water partition coefficient (Wildman–Crippen LogP) is 1.44. The zero-order valence-electron chi connectivity index (χ0n) is 7.10. The van der Waals surface area contributed by atoms with Gasteiger partial charge >= 0.3 is 0 Å². The average molecular weight is 216 g/mol. The van der Waals surface area contributed by atoms with Gasteiger partial charge in [0, 0.05) is 7.05 Å². The first-order chi connectivity index (χ1) is 5.83. The van der Waals surface area contributed by atoms with Crippen molar-refractivity contribution in [2.75, 3.05) is 0 Å². The number of fused-ring (bicyclic) bond motifs is 1. The van der Waals surface area contributed by atoms with Gasteiger partial charge in [-0.15, -0.1) is 12.4 Å². The number of rotatable bonds is 0. The molecule has 2 aromatic rings. The van der Waals surface area contributed by atoms with Crippen molar-refractivity contribution in [2.45, 2.75) is 0 Å². The Morgan fingerprint density at radius 3 is 2.69 bits per heavy atom. The summed E-state index contributed by atoms with van der Waals surface area (Å²) in [7, 11) is 1.96. The van der Waals surface area contributed by atoms with E-state index in [1.807, 2.05) is 23.7 Å². The molecule has 0 saturated carbocycles. The highest BCUT2D eigenvalue weighted by atomic mass is 35.5. The second-order valence-corrected chi connectivity index (χ2v) is 3.55. The molecule has 0 unspecified atom stereocenters. The summed E-state index contributed by atoms with van der Waals surface area (Å²) in [5, 5.41) is 3.69. The van der Waals surface area contributed by atoms with Crippen LogP contribution in [-0.4, -0.2) is 4.57 Å². The molecule has 0 amide bonds. The van der Waals surface area contributed by atoms with E-state index in [1.165, 1.54) is 10.2 Å². The van der Waals surface area contributed by atoms with E-state index in [0.717, 1.165) is 4.80 Å². The molecule has 13 heavy (non-hydrogen) atoms. The van der Waals surface area contributed by atoms with E-state index in [1.54, 1.807) is 11.3 Å². The van der Waals surface area contributed by atoms with Gasteiger partial charge in [-0.05, 0) is 12.1 Å². The van der Waals surface area contributed by atoms with E-state index in [9.17, 15) is 0 Å². The van der Waals surface area contributed by atoms with Gasteiger partial charge in [-0.1, -0.05) is 23.5 Å². The van der Waals surface area contributed by atoms with Crippen molar-refractivity contribution < 1.29 is 0 Å². The van der Waals surface area contributed by atoms with Gasteiger partial charge in [-0.25, -0.2) is 0 Å². The number of para-hydroxylation sites is 1. The maximum Gasteiger partial charge on any atom is 0.208 e. The van der Waals surface area contributed by atoms with Gasteiger partial charge in [0.2, 0.25) is 4.80 Å². The lowest BCUT2D eigenvalue weighted by atomic mass is 10.3. The zero-order chi connectivity index (χ0) is 8.55. The number of hydrogen-bond donors (Lipinski definition) is 1. The number of nitrogens with two attached hydrogens (primary N) is 1. The summed E-state index contributed by atoms with van der Waals surface area (Å²) in [5.41, 5.74) is 1.17. The van der Waals surface area contributed by atoms with Gasteiger partial charge in [0.15, 0.2) is 0 Å². The molecule has 1 aromatic carbocycles. The molecule has 0 aliphatic heterocycles. The molecule has 0 spiro atoms. The van der Waals surface area contributed by atoms with Crippen LogP contribution in [0, 0.1) is 0 Å². The highest BCUT2D eigenvalue weighted by Crippen LogP contribution is 2.14. The lowest BCUT2D eigenvalue weighted by molar-refractivity contribution is 0.888. The topological polar surface area (TPSA) is 43.3 Å². The summed E-state index contributed by atoms with van der Waals surface area (Å²) < 4.78 is 3.20. The number of aryl methyl sites for hydroxylation is 1. The molecule has 0 aliphatic carbocycles. The molecular formula is C8H10ClN3S. The summed E-state index contributed by atoms with van der Waals surface area (Å²) in [6, 6.07) is 8.14. The maximum atomic E-state index is 5.23. The first-order valence-electron chi connectivity index (χ1n) is 3.61. The molecule has 0 radical (unpaired) electrons. The second-order valence-electron chi connectivity index (χ2n) is 2.54. The fourth-order valence-corrected chi connectivity index (χ4v) is 2.14. The molecule has 0 atom stereocenters. The first kappa shape index (κ1) is 10.1. The van der Waals surface area contributed by atoms with Gasteiger partial charge < -0.3 is 10.4 Å². The van der Waals surface area contributed by atoms with Crippen LogP contribution in [0.15, 0.2) is 29.4 Å². The minimum Gasteiger partial charge on any atom is -0.320 e. The van der Waals surface area contributed by atoms with Crippen LogP contribution in [-0.2, 0) is 7.05 Å². The number of nitrogens with zero attached hydrogens (tertiary/aromatic N) is 2. The van der Waals surface area contributed by atoms with Crippen LogP contribution in [0.5, 0.6) is 0 Å². The maximum absolute atomic E-state index is 5.23. The Bertz CT molecular complexity index is 471. The Morgan fingerprint density at radius 2 is 2.08 bits per heavy atom. The molecule has 0 bridgehead atoms. The average Bonchev–Trinajstić information content (AvgIpc) is 2.44. The van der Waals surface area contributed by atoms with Crippen LogP contribution in [0.3, 0.4) is 0 Å². The number of thiazole rings is 1. The third-order valence-electron chi connectivity index (χ3n) is 1.83. The van der Waals surface area contributed by atoms with Crippen molar-refractivity contribution in [1.29, 1.82) is 0 Å². The molecule has 5 heteroatoms. The van der Waals surface area contributed by atoms with Crippen molar-refractivity contribution >= 4 is 34.0 Å². The van der Waals surface area contributed by atoms with Crippen LogP contribution in [0.1, 0.15) is 0 Å². The Kier molecular flexibility index (Phi) is 2.95. The number of aromatic nitrogens is 1. The summed E-state index contributed by atoms with van der Waals surface area (Å²) in [4.78, 5) is 0.844. The molecule has 2 rings (SSSR count). The van der Waals surface area contributed by atoms with Gasteiger partial charge in [0.05, 0.1) is 10.2 Å². The fourth-order valence-electron chi connectivity index (χ4n) is 1.20. The smallest absolute Gasteiger partial charge is 0.208 e. The molecule has 0 aliphatic rings. The molecule has 2 N–H and O–H groups in total. The molecular weight excluding hydrogens is 206 g/mol. The van der Waals surface area contributed by atoms with Crippen LogP contribution < -0.4 is 10.6 Å². The third kappa shape index (κ3) is 1.55. The Morgan fingerprint density at radius 1 is 1.38 bits per heavy atom. The van der Waals surface area contributed by atoms with Gasteiger partial charge in [-0.2, -0.15) is 5.10 Å². The molecule has 0 fully saturated rings. The number of halogens is 1. The van der Waals surface area contributed by atoms with Crippen molar-refractivity contribution in [3.05, 3.63) is 29.1 Å². The minimum absolute atomic E-state index is 0. The number of benzene rings is 1. The van der Waals surface area contributed by atoms with Crippen molar-refractivity contribution in [3.8, 4) is 0 Å². The fraction of sp³-hybridized carbons (Fsp3) is 0.125. The van der Waals surface area contributed by atoms with Gasteiger partial charge in [-0.3, -0.25) is 0 Å². The highest BCUT2D eigenvalue weighted by Gasteiger charge is 1.99. The molecule has 70 valence electrons. The standard InChI is InChI=1S/C8H9N3S.ClH/c1-11-6-4-2-3-5-7(6)12-8(11)10-9;/h2-5H,9H2,1H3;1H/b10-8-;. The first-order valence-corrected chi connectivity index (χ1v) is 4.43. The van der Waals surface area contributed by atoms with E-state index < -0.39 is 0 Å². The lowest BCUT2D eigenvalue weighted by Crippen LogP contribution is -2.11. The Balaban J connectivity index is 0.000000845. The monoisotopic (exact) mass is 215 g/mol. The van der Waals surface area contributed by atoms with Gasteiger partial charge in [0.1, 0.15) is 0 Å². The Labute approximate surface area is 85.9 Å². The van der Waals surface area contributed by atoms with Gasteiger partial charge in [0.25, 0.3) is 0 Å². The summed E-state index contributed by atoms with van der Waals surface area (Å²) in [6.45, 7) is 0. The van der Waals surface area contributed by atoms with E-state index in [0.29, 0.717) is 0 Å². The molecule has 0 saturated heterocycles. The Hall–Kier alpha value is -1.00. The highest BCUT2D eigenvalue weighted by molar-refractivity contribution is 7.16. The van der Waals surface area contributed by atoms with Crippen molar-refractivity contribution in [1.82, 2.24) is 4.57 Å². The normalized spacial score (nSPS) is 11.6. The van der Waals surface area contributed by atoms with Crippen molar-refractivity contribution in [2.24, 2.45) is 18.0 Å². The van der Waals surface area contributed by atoms with Crippen LogP contribution in [0.25, 0.3) is 10.2 Å². The van der Waals surface area contributed by atoms with E-state index >= 15 is 0 Å². The van der Waals surface area contributed by atoms with E-state index in [4.69, 9.17) is 5.84 Å². The van der Waals surface area contributed by atoms with Crippen LogP contribution >= 0.6 is 23.7 Å². The van der Waals surface area contributed by atoms with Crippen LogP contribution in [0.4, 0.5) is 0 Å². The largest absolute Gasteiger partial charge is 0.320 e. The summed E-state index contributed by atoms with van der Waals surface area (Å²) in [5.74, 6) is 5.23. The molecule has 3 nitrogen and oxygen atoms in total. The minimum atomic E-state index is 0. The summed E-state index contributed by atoms with van der Waals surface area (Å²) >= 11 is 1.60. The molecule has 1 heterocycles. The SMILES string of the molecule is Cl.Cn1/c(=N/N)sc2ccccc21. The van der Waals surface area contributed by atoms with Crippen molar-refractivity contribution in [3.63, 3.8) is 0 Å². The third-order valence-corrected chi connectivity index (χ3v) is 2.95.